The molecular formula is C37H57NO5S. The number of amides is 1. The number of aliphatic hydroxyl groups is 2. The molecule has 5 fully saturated rings. The first-order valence-electron chi connectivity index (χ1n) is 17.9. The lowest BCUT2D eigenvalue weighted by Gasteiger charge is -2.64. The largest absolute Gasteiger partial charge is 0.449 e. The lowest BCUT2D eigenvalue weighted by atomic mass is 9.41. The predicted molar refractivity (Wildman–Crippen MR) is 174 cm³/mol. The van der Waals surface area contributed by atoms with E-state index in [0.717, 1.165) is 51.4 Å². The quantitative estimate of drug-likeness (QED) is 0.287. The zero-order valence-corrected chi connectivity index (χ0v) is 28.3. The molecule has 1 amide bonds. The van der Waals surface area contributed by atoms with Crippen molar-refractivity contribution in [3.63, 3.8) is 0 Å². The van der Waals surface area contributed by atoms with Crippen molar-refractivity contribution >= 4 is 17.1 Å². The van der Waals surface area contributed by atoms with E-state index >= 15 is 0 Å². The number of benzene rings is 1. The third-order valence-corrected chi connectivity index (χ3v) is 15.0. The van der Waals surface area contributed by atoms with Crippen LogP contribution in [-0.4, -0.2) is 39.3 Å². The fourth-order valence-corrected chi connectivity index (χ4v) is 12.4. The standard InChI is InChI=1S/C37H57NO5S/c1-5-28-32-21-26(39)17-19-37(32,4)31-18-20-36(3)29(15-16-30(36)33(31)34(28)40)23(2)22-43-35(41)38-44(42)27-13-11-25(12-14-27)24-9-7-6-8-10-24/h11-14,23-24,26,28-34,39-40H,5-10,15-22H2,1-4H3,(H,38,41)/t23-,26-,28-,29-,30+,31+,32?,33-,34-,36?,37?,44?/m1/s1. The average Bonchev–Trinajstić information content (AvgIpc) is 3.38. The van der Waals surface area contributed by atoms with Gasteiger partial charge in [0.05, 0.1) is 23.7 Å². The predicted octanol–water partition coefficient (Wildman–Crippen LogP) is 7.75. The van der Waals surface area contributed by atoms with Crippen LogP contribution in [0.5, 0.6) is 0 Å². The van der Waals surface area contributed by atoms with Gasteiger partial charge in [-0.2, -0.15) is 0 Å². The fraction of sp³-hybridized carbons (Fsp3) is 0.811. The molecular weight excluding hydrogens is 570 g/mol. The summed E-state index contributed by atoms with van der Waals surface area (Å²) in [6, 6.07) is 7.88. The Morgan fingerprint density at radius 2 is 1.64 bits per heavy atom. The summed E-state index contributed by atoms with van der Waals surface area (Å²) in [6.45, 7) is 9.65. The van der Waals surface area contributed by atoms with E-state index < -0.39 is 17.1 Å². The van der Waals surface area contributed by atoms with Gasteiger partial charge in [0.2, 0.25) is 0 Å². The van der Waals surface area contributed by atoms with Crippen molar-refractivity contribution in [2.45, 2.75) is 134 Å². The Labute approximate surface area is 268 Å². The van der Waals surface area contributed by atoms with Crippen molar-refractivity contribution in [3.05, 3.63) is 29.8 Å². The van der Waals surface area contributed by atoms with Crippen molar-refractivity contribution in [2.75, 3.05) is 6.61 Å². The molecule has 0 spiro atoms. The van der Waals surface area contributed by atoms with Gasteiger partial charge in [0.1, 0.15) is 0 Å². The number of carbonyl (C=O) groups is 1. The molecule has 5 aliphatic rings. The second kappa shape index (κ2) is 13.0. The van der Waals surface area contributed by atoms with E-state index in [1.807, 2.05) is 12.1 Å². The number of aliphatic hydroxyl groups excluding tert-OH is 2. The summed E-state index contributed by atoms with van der Waals surface area (Å²) >= 11 is 0. The average molecular weight is 628 g/mol. The minimum atomic E-state index is -1.65. The van der Waals surface area contributed by atoms with Crippen LogP contribution in [0.3, 0.4) is 0 Å². The Morgan fingerprint density at radius 3 is 2.34 bits per heavy atom. The summed E-state index contributed by atoms with van der Waals surface area (Å²) in [6.07, 6.45) is 13.4. The molecule has 246 valence electrons. The van der Waals surface area contributed by atoms with Crippen molar-refractivity contribution < 1.29 is 24.0 Å². The molecule has 3 N–H and O–H groups in total. The summed E-state index contributed by atoms with van der Waals surface area (Å²) in [7, 11) is -1.65. The Kier molecular flexibility index (Phi) is 9.59. The second-order valence-electron chi connectivity index (χ2n) is 16.0. The summed E-state index contributed by atoms with van der Waals surface area (Å²) in [4.78, 5) is 13.3. The van der Waals surface area contributed by atoms with Gasteiger partial charge in [0, 0.05) is 0 Å². The first-order valence-corrected chi connectivity index (χ1v) is 19.0. The molecule has 4 unspecified atom stereocenters. The zero-order valence-electron chi connectivity index (χ0n) is 27.5. The minimum Gasteiger partial charge on any atom is -0.449 e. The van der Waals surface area contributed by atoms with Crippen LogP contribution in [0, 0.1) is 52.3 Å². The highest BCUT2D eigenvalue weighted by Crippen LogP contribution is 2.69. The highest BCUT2D eigenvalue weighted by molar-refractivity contribution is 7.83. The highest BCUT2D eigenvalue weighted by atomic mass is 32.2. The maximum atomic E-state index is 12.9. The van der Waals surface area contributed by atoms with Crippen LogP contribution < -0.4 is 4.72 Å². The molecule has 6 nitrogen and oxygen atoms in total. The van der Waals surface area contributed by atoms with Gasteiger partial charge in [-0.1, -0.05) is 65.5 Å². The van der Waals surface area contributed by atoms with E-state index in [4.69, 9.17) is 4.74 Å². The van der Waals surface area contributed by atoms with Gasteiger partial charge in [-0.3, -0.25) is 0 Å². The molecule has 5 aliphatic carbocycles. The smallest absolute Gasteiger partial charge is 0.419 e. The lowest BCUT2D eigenvalue weighted by Crippen LogP contribution is -2.62. The topological polar surface area (TPSA) is 95.9 Å². The van der Waals surface area contributed by atoms with E-state index in [2.05, 4.69) is 44.5 Å². The normalized spacial score (nSPS) is 42.0. The van der Waals surface area contributed by atoms with Crippen LogP contribution >= 0.6 is 0 Å². The van der Waals surface area contributed by atoms with Crippen LogP contribution in [0.4, 0.5) is 4.79 Å². The van der Waals surface area contributed by atoms with E-state index in [9.17, 15) is 19.2 Å². The van der Waals surface area contributed by atoms with Gasteiger partial charge in [-0.15, -0.1) is 0 Å². The van der Waals surface area contributed by atoms with E-state index in [0.29, 0.717) is 47.0 Å². The molecule has 7 heteroatoms. The van der Waals surface area contributed by atoms with Gasteiger partial charge >= 0.3 is 6.09 Å². The van der Waals surface area contributed by atoms with Crippen molar-refractivity contribution in [1.82, 2.24) is 4.72 Å². The fourth-order valence-electron chi connectivity index (χ4n) is 11.7. The summed E-state index contributed by atoms with van der Waals surface area (Å²) in [5, 5.41) is 22.5. The molecule has 6 rings (SSSR count). The van der Waals surface area contributed by atoms with Gasteiger partial charge in [-0.05, 0) is 134 Å². The van der Waals surface area contributed by atoms with E-state index in [1.54, 1.807) is 0 Å². The molecule has 0 aliphatic heterocycles. The van der Waals surface area contributed by atoms with Crippen LogP contribution in [0.15, 0.2) is 29.2 Å². The molecule has 0 aromatic heterocycles. The van der Waals surface area contributed by atoms with Crippen LogP contribution in [-0.2, 0) is 15.7 Å². The Balaban J connectivity index is 1.06. The van der Waals surface area contributed by atoms with E-state index in [1.165, 1.54) is 37.7 Å². The summed E-state index contributed by atoms with van der Waals surface area (Å²) in [5.41, 5.74) is 1.61. The Bertz CT molecular complexity index is 1180. The van der Waals surface area contributed by atoms with Gasteiger partial charge < -0.3 is 14.9 Å². The first kappa shape index (κ1) is 32.5. The van der Waals surface area contributed by atoms with Crippen molar-refractivity contribution in [3.8, 4) is 0 Å². The monoisotopic (exact) mass is 627 g/mol. The second-order valence-corrected chi connectivity index (χ2v) is 17.2. The number of rotatable bonds is 7. The van der Waals surface area contributed by atoms with Gasteiger partial charge in [0.25, 0.3) is 0 Å². The lowest BCUT2D eigenvalue weighted by molar-refractivity contribution is -0.203. The number of carbonyl (C=O) groups excluding carboxylic acids is 1. The molecule has 12 atom stereocenters. The summed E-state index contributed by atoms with van der Waals surface area (Å²) < 4.78 is 21.2. The zero-order chi connectivity index (χ0) is 31.2. The molecule has 0 radical (unpaired) electrons. The number of hydrogen-bond donors (Lipinski definition) is 3. The molecule has 44 heavy (non-hydrogen) atoms. The first-order chi connectivity index (χ1) is 21.1. The van der Waals surface area contributed by atoms with Crippen LogP contribution in [0.25, 0.3) is 0 Å². The Morgan fingerprint density at radius 1 is 0.955 bits per heavy atom. The number of hydrogen-bond acceptors (Lipinski definition) is 5. The van der Waals surface area contributed by atoms with Gasteiger partial charge in [0.15, 0.2) is 11.0 Å². The highest BCUT2D eigenvalue weighted by Gasteiger charge is 2.64. The molecule has 1 aromatic carbocycles. The SMILES string of the molecule is CC[C@@H]1C2C[C@H](O)CCC2(C)[C@H]2CCC3(C)[C@@H]([C@H](C)COC(=O)NS(=O)c4ccc(C5CCCCC5)cc4)CC[C@H]3[C@H]2[C@@H]1O. The molecule has 5 saturated carbocycles. The molecule has 0 bridgehead atoms. The molecule has 0 heterocycles. The molecule has 1 aromatic rings. The van der Waals surface area contributed by atoms with Crippen LogP contribution in [0.2, 0.25) is 0 Å². The molecule has 0 saturated heterocycles. The third kappa shape index (κ3) is 5.81. The maximum Gasteiger partial charge on any atom is 0.419 e. The maximum absolute atomic E-state index is 12.9. The number of fused-ring (bicyclic) bond motifs is 5. The Hall–Kier alpha value is -1.44. The van der Waals surface area contributed by atoms with Crippen molar-refractivity contribution in [1.29, 1.82) is 0 Å². The third-order valence-electron chi connectivity index (χ3n) is 14.0. The number of nitrogens with one attached hydrogen (secondary N) is 1. The van der Waals surface area contributed by atoms with Crippen LogP contribution in [0.1, 0.15) is 123 Å². The van der Waals surface area contributed by atoms with Gasteiger partial charge in [-0.25, -0.2) is 13.7 Å². The summed E-state index contributed by atoms with van der Waals surface area (Å²) in [5.74, 6) is 3.15. The number of ether oxygens (including phenoxy) is 1. The minimum absolute atomic E-state index is 0.111. The van der Waals surface area contributed by atoms with Crippen molar-refractivity contribution in [2.24, 2.45) is 52.3 Å². The van der Waals surface area contributed by atoms with E-state index in [-0.39, 0.29) is 34.9 Å².